The molecule has 3 nitrogen and oxygen atoms in total. The van der Waals surface area contributed by atoms with E-state index in [1.165, 1.54) is 60.3 Å². The molecule has 1 aliphatic carbocycles. The molecule has 6 aromatic carbocycles. The number of aromatic nitrogens is 3. The molecule has 0 radical (unpaired) electrons. The molecule has 234 valence electrons. The van der Waals surface area contributed by atoms with E-state index < -0.39 is 0 Å². The van der Waals surface area contributed by atoms with Crippen molar-refractivity contribution in [3.8, 4) is 22.4 Å². The Morgan fingerprint density at radius 3 is 2.20 bits per heavy atom. The number of aryl methyl sites for hydroxylation is 1. The van der Waals surface area contributed by atoms with E-state index >= 15 is 0 Å². The molecular weight excluding hydrogens is 607 g/mol. The first-order valence-corrected chi connectivity index (χ1v) is 17.2. The van der Waals surface area contributed by atoms with Crippen molar-refractivity contribution in [3.63, 3.8) is 0 Å². The van der Waals surface area contributed by atoms with Crippen LogP contribution >= 0.6 is 0 Å². The summed E-state index contributed by atoms with van der Waals surface area (Å²) < 4.78 is 0. The number of para-hydroxylation sites is 1. The molecule has 0 saturated carbocycles. The lowest BCUT2D eigenvalue weighted by molar-refractivity contribution is 0.998. The molecule has 1 aliphatic rings. The second-order valence-corrected chi connectivity index (χ2v) is 13.1. The van der Waals surface area contributed by atoms with Crippen LogP contribution in [0.5, 0.6) is 0 Å². The number of allylic oxidation sites excluding steroid dienone is 3. The molecule has 0 aliphatic heterocycles. The van der Waals surface area contributed by atoms with Crippen LogP contribution in [-0.2, 0) is 6.42 Å². The number of hydrogen-bond donors (Lipinski definition) is 0. The molecule has 0 atom stereocenters. The Hall–Kier alpha value is -6.45. The van der Waals surface area contributed by atoms with E-state index in [9.17, 15) is 0 Å². The monoisotopic (exact) mass is 637 g/mol. The summed E-state index contributed by atoms with van der Waals surface area (Å²) in [5.41, 5.74) is 12.5. The molecule has 3 aromatic heterocycles. The van der Waals surface area contributed by atoms with Crippen LogP contribution in [0, 0.1) is 0 Å². The molecule has 0 spiro atoms. The minimum absolute atomic E-state index is 0.941. The van der Waals surface area contributed by atoms with E-state index in [-0.39, 0.29) is 0 Å². The Kier molecular flexibility index (Phi) is 6.63. The Bertz CT molecular complexity index is 2850. The molecular formula is C47H31N3. The third-order valence-corrected chi connectivity index (χ3v) is 10.2. The number of nitrogens with zero attached hydrogens (tertiary/aromatic N) is 3. The quantitative estimate of drug-likeness (QED) is 0.181. The lowest BCUT2D eigenvalue weighted by Gasteiger charge is -2.15. The molecule has 9 aromatic rings. The van der Waals surface area contributed by atoms with Crippen molar-refractivity contribution in [2.24, 2.45) is 0 Å². The van der Waals surface area contributed by atoms with E-state index in [0.717, 1.165) is 51.4 Å². The molecule has 0 fully saturated rings. The van der Waals surface area contributed by atoms with Gasteiger partial charge in [-0.25, -0.2) is 4.98 Å². The van der Waals surface area contributed by atoms with Crippen molar-refractivity contribution in [3.05, 3.63) is 175 Å². The predicted octanol–water partition coefficient (Wildman–Crippen LogP) is 12.0. The van der Waals surface area contributed by atoms with Crippen LogP contribution in [0.15, 0.2) is 158 Å². The van der Waals surface area contributed by atoms with Gasteiger partial charge in [0.25, 0.3) is 0 Å². The van der Waals surface area contributed by atoms with Crippen LogP contribution < -0.4 is 0 Å². The number of hydrogen-bond acceptors (Lipinski definition) is 3. The molecule has 0 bridgehead atoms. The summed E-state index contributed by atoms with van der Waals surface area (Å²) in [5, 5.41) is 8.37. The molecule has 0 N–H and O–H groups in total. The van der Waals surface area contributed by atoms with Crippen molar-refractivity contribution < 1.29 is 0 Å². The zero-order chi connectivity index (χ0) is 33.0. The van der Waals surface area contributed by atoms with Crippen molar-refractivity contribution in [2.75, 3.05) is 0 Å². The lowest BCUT2D eigenvalue weighted by atomic mass is 9.91. The van der Waals surface area contributed by atoms with Gasteiger partial charge in [0.15, 0.2) is 0 Å². The molecule has 0 saturated heterocycles. The number of pyridine rings is 3. The summed E-state index contributed by atoms with van der Waals surface area (Å²) >= 11 is 0. The van der Waals surface area contributed by atoms with Gasteiger partial charge in [0.05, 0.1) is 22.2 Å². The van der Waals surface area contributed by atoms with E-state index in [1.54, 1.807) is 0 Å². The minimum Gasteiger partial charge on any atom is -0.254 e. The third kappa shape index (κ3) is 4.70. The van der Waals surface area contributed by atoms with E-state index in [2.05, 4.69) is 151 Å². The maximum Gasteiger partial charge on any atom is 0.0970 e. The number of fused-ring (bicyclic) bond motifs is 9. The third-order valence-electron chi connectivity index (χ3n) is 10.2. The van der Waals surface area contributed by atoms with Crippen molar-refractivity contribution in [1.29, 1.82) is 0 Å². The average Bonchev–Trinajstić information content (AvgIpc) is 3.17. The van der Waals surface area contributed by atoms with Crippen LogP contribution in [0.2, 0.25) is 0 Å². The normalized spacial score (nSPS) is 14.8. The van der Waals surface area contributed by atoms with Gasteiger partial charge in [0.1, 0.15) is 0 Å². The van der Waals surface area contributed by atoms with E-state index in [1.807, 2.05) is 18.5 Å². The van der Waals surface area contributed by atoms with Crippen molar-refractivity contribution in [2.45, 2.75) is 12.8 Å². The van der Waals surface area contributed by atoms with Crippen LogP contribution in [0.3, 0.4) is 0 Å². The van der Waals surface area contributed by atoms with E-state index in [0.29, 0.717) is 0 Å². The van der Waals surface area contributed by atoms with Crippen LogP contribution in [0.4, 0.5) is 0 Å². The largest absolute Gasteiger partial charge is 0.254 e. The highest BCUT2D eigenvalue weighted by Crippen LogP contribution is 2.38. The SMILES string of the molecule is C1=C\c2cc(-c3ccnc4c3ccc3cccnc34)ccc2CC\C=C/1c1ccc(-c2nc3ccccc3c3c2ccc2ccccc23)cc1. The van der Waals surface area contributed by atoms with Gasteiger partial charge in [-0.1, -0.05) is 127 Å². The molecule has 0 amide bonds. The summed E-state index contributed by atoms with van der Waals surface area (Å²) in [6.45, 7) is 0. The smallest absolute Gasteiger partial charge is 0.0970 e. The Labute approximate surface area is 289 Å². The summed E-state index contributed by atoms with van der Waals surface area (Å²) in [6.07, 6.45) is 12.6. The van der Waals surface area contributed by atoms with Gasteiger partial charge in [-0.2, -0.15) is 0 Å². The second-order valence-electron chi connectivity index (χ2n) is 13.1. The number of benzene rings is 6. The fourth-order valence-electron chi connectivity index (χ4n) is 7.76. The molecule has 3 heteroatoms. The highest BCUT2D eigenvalue weighted by Gasteiger charge is 2.15. The van der Waals surface area contributed by atoms with Crippen LogP contribution in [0.1, 0.15) is 23.1 Å². The van der Waals surface area contributed by atoms with Gasteiger partial charge in [-0.15, -0.1) is 0 Å². The standard InChI is InChI=1S/C47H31N3/c1-2-11-39-33(7-1)22-25-42-44(39)41-12-3-4-13-43(41)50-45(42)35-18-14-32(15-19-35)30-8-5-9-31-17-21-37(29-36(31)20-16-30)38-26-28-49-47-40(38)24-23-34-10-6-27-48-46(34)47/h1-4,6-8,10-29H,5,9H2/b20-16-,30-8+. The van der Waals surface area contributed by atoms with E-state index in [4.69, 9.17) is 9.97 Å². The fourth-order valence-corrected chi connectivity index (χ4v) is 7.76. The molecule has 3 heterocycles. The Balaban J connectivity index is 1.01. The maximum absolute atomic E-state index is 5.21. The predicted molar refractivity (Wildman–Crippen MR) is 210 cm³/mol. The minimum atomic E-state index is 0.941. The molecule has 0 unspecified atom stereocenters. The van der Waals surface area contributed by atoms with Gasteiger partial charge >= 0.3 is 0 Å². The first kappa shape index (κ1) is 28.6. The van der Waals surface area contributed by atoms with Crippen LogP contribution in [-0.4, -0.2) is 15.0 Å². The van der Waals surface area contributed by atoms with Gasteiger partial charge in [0.2, 0.25) is 0 Å². The first-order chi connectivity index (χ1) is 24.8. The topological polar surface area (TPSA) is 38.7 Å². The van der Waals surface area contributed by atoms with Crippen molar-refractivity contribution >= 4 is 65.9 Å². The Morgan fingerprint density at radius 1 is 0.500 bits per heavy atom. The molecule has 10 rings (SSSR count). The second kappa shape index (κ2) is 11.6. The molecule has 50 heavy (non-hydrogen) atoms. The maximum atomic E-state index is 5.21. The van der Waals surface area contributed by atoms with Crippen LogP contribution in [0.25, 0.3) is 88.3 Å². The zero-order valence-corrected chi connectivity index (χ0v) is 27.3. The van der Waals surface area contributed by atoms with Gasteiger partial charge in [-0.3, -0.25) is 9.97 Å². The average molecular weight is 638 g/mol. The first-order valence-electron chi connectivity index (χ1n) is 17.2. The highest BCUT2D eigenvalue weighted by molar-refractivity contribution is 6.22. The summed E-state index contributed by atoms with van der Waals surface area (Å²) in [7, 11) is 0. The van der Waals surface area contributed by atoms with Gasteiger partial charge in [0, 0.05) is 44.9 Å². The summed E-state index contributed by atoms with van der Waals surface area (Å²) in [4.78, 5) is 14.6. The van der Waals surface area contributed by atoms with Gasteiger partial charge in [-0.05, 0) is 81.3 Å². The Morgan fingerprint density at radius 2 is 1.26 bits per heavy atom. The fraction of sp³-hybridized carbons (Fsp3) is 0.0426. The van der Waals surface area contributed by atoms with Crippen molar-refractivity contribution in [1.82, 2.24) is 15.0 Å². The lowest BCUT2D eigenvalue weighted by Crippen LogP contribution is -1.95. The van der Waals surface area contributed by atoms with Gasteiger partial charge < -0.3 is 0 Å². The summed E-state index contributed by atoms with van der Waals surface area (Å²) in [6, 6.07) is 47.9. The zero-order valence-electron chi connectivity index (χ0n) is 27.3. The highest BCUT2D eigenvalue weighted by atomic mass is 14.7. The summed E-state index contributed by atoms with van der Waals surface area (Å²) in [5.74, 6) is 0. The number of rotatable bonds is 3.